The van der Waals surface area contributed by atoms with E-state index in [1.54, 1.807) is 0 Å². The minimum absolute atomic E-state index is 0.00562. The maximum absolute atomic E-state index is 5.90. The van der Waals surface area contributed by atoms with Gasteiger partial charge in [-0.15, -0.1) is 10.2 Å². The van der Waals surface area contributed by atoms with Crippen LogP contribution < -0.4 is 5.73 Å². The van der Waals surface area contributed by atoms with E-state index in [9.17, 15) is 0 Å². The van der Waals surface area contributed by atoms with Gasteiger partial charge >= 0.3 is 0 Å². The highest BCUT2D eigenvalue weighted by atomic mass is 15.3. The lowest BCUT2D eigenvalue weighted by Crippen LogP contribution is -2.36. The largest absolute Gasteiger partial charge is 0.329 e. The van der Waals surface area contributed by atoms with E-state index >= 15 is 0 Å². The number of aryl methyl sites for hydroxylation is 1. The molecule has 2 N–H and O–H groups in total. The Kier molecular flexibility index (Phi) is 4.27. The van der Waals surface area contributed by atoms with Crippen LogP contribution in [0, 0.1) is 0 Å². The third-order valence-electron chi connectivity index (χ3n) is 3.30. The number of nitrogens with two attached hydrogens (primary N) is 1. The summed E-state index contributed by atoms with van der Waals surface area (Å²) >= 11 is 0. The molecule has 15 heavy (non-hydrogen) atoms. The zero-order chi connectivity index (χ0) is 11.3. The number of hydrogen-bond acceptors (Lipinski definition) is 3. The summed E-state index contributed by atoms with van der Waals surface area (Å²) in [5.41, 5.74) is 5.91. The molecule has 4 nitrogen and oxygen atoms in total. The molecule has 0 unspecified atom stereocenters. The fourth-order valence-corrected chi connectivity index (χ4v) is 2.02. The Morgan fingerprint density at radius 1 is 1.33 bits per heavy atom. The average Bonchev–Trinajstić information content (AvgIpc) is 2.71. The molecule has 0 saturated heterocycles. The molecule has 1 heterocycles. The first kappa shape index (κ1) is 12.2. The first-order valence-electron chi connectivity index (χ1n) is 5.82. The summed E-state index contributed by atoms with van der Waals surface area (Å²) in [5, 5.41) is 8.26. The van der Waals surface area contributed by atoms with Crippen molar-refractivity contribution in [3.63, 3.8) is 0 Å². The predicted molar refractivity (Wildman–Crippen MR) is 61.6 cm³/mol. The van der Waals surface area contributed by atoms with Crippen molar-refractivity contribution in [2.45, 2.75) is 52.0 Å². The molecule has 86 valence electrons. The van der Waals surface area contributed by atoms with E-state index in [4.69, 9.17) is 5.73 Å². The van der Waals surface area contributed by atoms with Crippen LogP contribution in [-0.2, 0) is 12.0 Å². The van der Waals surface area contributed by atoms with Gasteiger partial charge in [-0.25, -0.2) is 0 Å². The van der Waals surface area contributed by atoms with Crippen LogP contribution in [0.2, 0.25) is 0 Å². The smallest absolute Gasteiger partial charge is 0.140 e. The highest BCUT2D eigenvalue weighted by Gasteiger charge is 2.31. The lowest BCUT2D eigenvalue weighted by Gasteiger charge is -2.29. The van der Waals surface area contributed by atoms with Gasteiger partial charge in [-0.3, -0.25) is 0 Å². The number of rotatable bonds is 6. The van der Waals surface area contributed by atoms with Crippen molar-refractivity contribution in [3.8, 4) is 0 Å². The molecule has 0 saturated carbocycles. The Labute approximate surface area is 91.9 Å². The van der Waals surface area contributed by atoms with Crippen molar-refractivity contribution < 1.29 is 0 Å². The SMILES string of the molecule is CCCn1cnnc1C(CC)(CC)CN. The Morgan fingerprint density at radius 3 is 2.47 bits per heavy atom. The van der Waals surface area contributed by atoms with Gasteiger partial charge in [-0.05, 0) is 19.3 Å². The van der Waals surface area contributed by atoms with Crippen LogP contribution in [0.4, 0.5) is 0 Å². The van der Waals surface area contributed by atoms with E-state index in [2.05, 4.69) is 35.5 Å². The van der Waals surface area contributed by atoms with Gasteiger partial charge in [-0.2, -0.15) is 0 Å². The lowest BCUT2D eigenvalue weighted by atomic mass is 9.81. The first-order chi connectivity index (χ1) is 7.24. The van der Waals surface area contributed by atoms with E-state index < -0.39 is 0 Å². The molecular formula is C11H22N4. The monoisotopic (exact) mass is 210 g/mol. The summed E-state index contributed by atoms with van der Waals surface area (Å²) in [4.78, 5) is 0. The van der Waals surface area contributed by atoms with Gasteiger partial charge in [0.25, 0.3) is 0 Å². The van der Waals surface area contributed by atoms with Crippen LogP contribution in [0.3, 0.4) is 0 Å². The molecule has 0 aliphatic heterocycles. The van der Waals surface area contributed by atoms with E-state index in [1.807, 2.05) is 6.33 Å². The molecule has 0 aliphatic carbocycles. The predicted octanol–water partition coefficient (Wildman–Crippen LogP) is 1.70. The van der Waals surface area contributed by atoms with E-state index in [1.165, 1.54) is 0 Å². The summed E-state index contributed by atoms with van der Waals surface area (Å²) in [6, 6.07) is 0. The molecule has 4 heteroatoms. The van der Waals surface area contributed by atoms with Gasteiger partial charge in [0.1, 0.15) is 12.2 Å². The molecule has 1 aromatic rings. The number of aromatic nitrogens is 3. The molecule has 0 aliphatic rings. The van der Waals surface area contributed by atoms with Crippen molar-refractivity contribution in [2.75, 3.05) is 6.54 Å². The second-order valence-electron chi connectivity index (χ2n) is 4.04. The van der Waals surface area contributed by atoms with E-state index in [0.717, 1.165) is 31.6 Å². The lowest BCUT2D eigenvalue weighted by molar-refractivity contribution is 0.363. The van der Waals surface area contributed by atoms with Crippen LogP contribution in [0.15, 0.2) is 6.33 Å². The van der Waals surface area contributed by atoms with Crippen LogP contribution in [-0.4, -0.2) is 21.3 Å². The fourth-order valence-electron chi connectivity index (χ4n) is 2.02. The average molecular weight is 210 g/mol. The van der Waals surface area contributed by atoms with E-state index in [-0.39, 0.29) is 5.41 Å². The highest BCUT2D eigenvalue weighted by molar-refractivity contribution is 5.08. The summed E-state index contributed by atoms with van der Waals surface area (Å²) < 4.78 is 2.14. The molecule has 0 spiro atoms. The van der Waals surface area contributed by atoms with Crippen molar-refractivity contribution in [1.82, 2.24) is 14.8 Å². The second kappa shape index (κ2) is 5.26. The van der Waals surface area contributed by atoms with Gasteiger partial charge in [-0.1, -0.05) is 20.8 Å². The summed E-state index contributed by atoms with van der Waals surface area (Å²) in [6.07, 6.45) is 4.94. The third kappa shape index (κ3) is 2.20. The molecular weight excluding hydrogens is 188 g/mol. The van der Waals surface area contributed by atoms with Gasteiger partial charge in [0.2, 0.25) is 0 Å². The van der Waals surface area contributed by atoms with Gasteiger partial charge in [0, 0.05) is 18.5 Å². The Bertz CT molecular complexity index is 280. The Hall–Kier alpha value is -0.900. The first-order valence-corrected chi connectivity index (χ1v) is 5.82. The Morgan fingerprint density at radius 2 is 2.00 bits per heavy atom. The summed E-state index contributed by atoms with van der Waals surface area (Å²) in [5.74, 6) is 1.05. The number of nitrogens with zero attached hydrogens (tertiary/aromatic N) is 3. The van der Waals surface area contributed by atoms with Crippen molar-refractivity contribution in [3.05, 3.63) is 12.2 Å². The standard InChI is InChI=1S/C11H22N4/c1-4-7-15-9-13-14-10(15)11(5-2,6-3)8-12/h9H,4-8,12H2,1-3H3. The molecule has 0 aromatic carbocycles. The molecule has 0 fully saturated rings. The van der Waals surface area contributed by atoms with E-state index in [0.29, 0.717) is 6.54 Å². The van der Waals surface area contributed by atoms with Gasteiger partial charge in [0.05, 0.1) is 0 Å². The highest BCUT2D eigenvalue weighted by Crippen LogP contribution is 2.28. The molecule has 1 aromatic heterocycles. The normalized spacial score (nSPS) is 12.0. The topological polar surface area (TPSA) is 56.7 Å². The van der Waals surface area contributed by atoms with Gasteiger partial charge < -0.3 is 10.3 Å². The van der Waals surface area contributed by atoms with Crippen molar-refractivity contribution in [2.24, 2.45) is 5.73 Å². The molecule has 1 rings (SSSR count). The molecule has 0 radical (unpaired) electrons. The maximum atomic E-state index is 5.90. The second-order valence-corrected chi connectivity index (χ2v) is 4.04. The van der Waals surface area contributed by atoms with Gasteiger partial charge in [0.15, 0.2) is 0 Å². The van der Waals surface area contributed by atoms with Crippen LogP contribution >= 0.6 is 0 Å². The zero-order valence-corrected chi connectivity index (χ0v) is 10.0. The molecule has 0 atom stereocenters. The third-order valence-corrected chi connectivity index (χ3v) is 3.30. The maximum Gasteiger partial charge on any atom is 0.140 e. The number of hydrogen-bond donors (Lipinski definition) is 1. The zero-order valence-electron chi connectivity index (χ0n) is 10.0. The minimum Gasteiger partial charge on any atom is -0.329 e. The molecule has 0 bridgehead atoms. The van der Waals surface area contributed by atoms with Crippen molar-refractivity contribution in [1.29, 1.82) is 0 Å². The quantitative estimate of drug-likeness (QED) is 0.777. The van der Waals surface area contributed by atoms with Crippen molar-refractivity contribution >= 4 is 0 Å². The summed E-state index contributed by atoms with van der Waals surface area (Å²) in [7, 11) is 0. The van der Waals surface area contributed by atoms with Crippen LogP contribution in [0.1, 0.15) is 45.9 Å². The van der Waals surface area contributed by atoms with Crippen LogP contribution in [0.5, 0.6) is 0 Å². The van der Waals surface area contributed by atoms with Crippen LogP contribution in [0.25, 0.3) is 0 Å². The summed E-state index contributed by atoms with van der Waals surface area (Å²) in [6.45, 7) is 8.11. The fraction of sp³-hybridized carbons (Fsp3) is 0.818. The Balaban J connectivity index is 3.04. The minimum atomic E-state index is 0.00562. The molecule has 0 amide bonds.